The van der Waals surface area contributed by atoms with Gasteiger partial charge in [0.05, 0.1) is 16.8 Å². The average Bonchev–Trinajstić information content (AvgIpc) is 2.33. The number of hydrogen-bond acceptors (Lipinski definition) is 3. The van der Waals surface area contributed by atoms with Gasteiger partial charge in [-0.1, -0.05) is 17.7 Å². The normalized spacial score (nSPS) is 12.1. The molecule has 1 aromatic carbocycles. The minimum absolute atomic E-state index is 0.0281. The number of benzene rings is 1. The first-order valence-corrected chi connectivity index (χ1v) is 6.95. The van der Waals surface area contributed by atoms with Gasteiger partial charge in [-0.3, -0.25) is 0 Å². The fourth-order valence-electron chi connectivity index (χ4n) is 1.61. The quantitative estimate of drug-likeness (QED) is 0.756. The van der Waals surface area contributed by atoms with E-state index in [1.165, 1.54) is 0 Å². The Morgan fingerprint density at radius 2 is 2.10 bits per heavy atom. The van der Waals surface area contributed by atoms with Gasteiger partial charge in [-0.15, -0.1) is 0 Å². The molecule has 0 bridgehead atoms. The first-order chi connectivity index (χ1) is 9.43. The third kappa shape index (κ3) is 5.27. The summed E-state index contributed by atoms with van der Waals surface area (Å²) in [5.41, 5.74) is 0.514. The smallest absolute Gasteiger partial charge is 0.319 e. The van der Waals surface area contributed by atoms with Crippen LogP contribution in [0.5, 0.6) is 5.75 Å². The summed E-state index contributed by atoms with van der Waals surface area (Å²) in [5, 5.41) is 14.7. The van der Waals surface area contributed by atoms with Crippen molar-refractivity contribution in [2.24, 2.45) is 0 Å². The summed E-state index contributed by atoms with van der Waals surface area (Å²) in [5.74, 6) is 0.453. The van der Waals surface area contributed by atoms with Gasteiger partial charge in [0.25, 0.3) is 0 Å². The van der Waals surface area contributed by atoms with E-state index in [2.05, 4.69) is 10.6 Å². The van der Waals surface area contributed by atoms with Crippen molar-refractivity contribution in [2.75, 3.05) is 11.9 Å². The molecular formula is C14H21ClN2O3. The summed E-state index contributed by atoms with van der Waals surface area (Å²) in [4.78, 5) is 11.8. The molecule has 0 aliphatic carbocycles. The largest absolute Gasteiger partial charge is 0.487 e. The third-order valence-corrected chi connectivity index (χ3v) is 2.81. The number of nitrogens with one attached hydrogen (secondary N) is 2. The fourth-order valence-corrected chi connectivity index (χ4v) is 1.83. The highest BCUT2D eigenvalue weighted by Gasteiger charge is 2.13. The number of halogens is 1. The molecule has 0 saturated heterocycles. The van der Waals surface area contributed by atoms with E-state index in [1.807, 2.05) is 20.8 Å². The molecule has 0 aliphatic heterocycles. The van der Waals surface area contributed by atoms with Crippen LogP contribution < -0.4 is 15.4 Å². The zero-order chi connectivity index (χ0) is 15.1. The van der Waals surface area contributed by atoms with Gasteiger partial charge in [-0.05, 0) is 39.3 Å². The van der Waals surface area contributed by atoms with Crippen LogP contribution in [0.15, 0.2) is 18.2 Å². The van der Waals surface area contributed by atoms with Crippen LogP contribution in [0.2, 0.25) is 5.02 Å². The number of carbonyl (C=O) groups is 1. The topological polar surface area (TPSA) is 70.6 Å². The first-order valence-electron chi connectivity index (χ1n) is 6.57. The molecule has 0 saturated carbocycles. The van der Waals surface area contributed by atoms with Crippen molar-refractivity contribution in [1.82, 2.24) is 5.32 Å². The van der Waals surface area contributed by atoms with Crippen molar-refractivity contribution in [3.8, 4) is 5.75 Å². The lowest BCUT2D eigenvalue weighted by atomic mass is 10.2. The van der Waals surface area contributed by atoms with E-state index in [9.17, 15) is 4.79 Å². The minimum Gasteiger partial charge on any atom is -0.487 e. The molecule has 20 heavy (non-hydrogen) atoms. The number of aliphatic hydroxyl groups excluding tert-OH is 1. The number of ether oxygens (including phenoxy) is 1. The molecule has 0 heterocycles. The second-order valence-corrected chi connectivity index (χ2v) is 5.20. The van der Waals surface area contributed by atoms with Crippen LogP contribution in [-0.2, 0) is 0 Å². The number of para-hydroxylation sites is 1. The Labute approximate surface area is 124 Å². The summed E-state index contributed by atoms with van der Waals surface area (Å²) in [7, 11) is 0. The van der Waals surface area contributed by atoms with E-state index in [-0.39, 0.29) is 24.8 Å². The zero-order valence-electron chi connectivity index (χ0n) is 11.9. The van der Waals surface area contributed by atoms with E-state index in [0.717, 1.165) is 0 Å². The fraction of sp³-hybridized carbons (Fsp3) is 0.500. The lowest BCUT2D eigenvalue weighted by molar-refractivity contribution is 0.238. The average molecular weight is 301 g/mol. The Morgan fingerprint density at radius 1 is 1.40 bits per heavy atom. The molecule has 112 valence electrons. The molecule has 0 spiro atoms. The maximum Gasteiger partial charge on any atom is 0.319 e. The van der Waals surface area contributed by atoms with Gasteiger partial charge in [0.15, 0.2) is 5.75 Å². The number of rotatable bonds is 6. The molecular weight excluding hydrogens is 280 g/mol. The molecule has 6 heteroatoms. The Balaban J connectivity index is 2.76. The molecule has 1 atom stereocenters. The highest BCUT2D eigenvalue weighted by Crippen LogP contribution is 2.33. The van der Waals surface area contributed by atoms with Gasteiger partial charge in [-0.2, -0.15) is 0 Å². The second-order valence-electron chi connectivity index (χ2n) is 4.79. The van der Waals surface area contributed by atoms with Gasteiger partial charge in [0.2, 0.25) is 0 Å². The van der Waals surface area contributed by atoms with E-state index in [4.69, 9.17) is 21.4 Å². The zero-order valence-corrected chi connectivity index (χ0v) is 12.7. The third-order valence-electron chi connectivity index (χ3n) is 2.51. The summed E-state index contributed by atoms with van der Waals surface area (Å²) < 4.78 is 5.62. The van der Waals surface area contributed by atoms with Crippen LogP contribution in [0, 0.1) is 0 Å². The number of urea groups is 1. The van der Waals surface area contributed by atoms with Crippen LogP contribution in [0.1, 0.15) is 27.2 Å². The predicted molar refractivity (Wildman–Crippen MR) is 80.5 cm³/mol. The standard InChI is InChI=1S/C14H21ClN2O3/c1-9(2)20-13-11(15)5-4-6-12(13)17-14(19)16-10(3)7-8-18/h4-6,9-10,18H,7-8H2,1-3H3,(H2,16,17,19)/t10-/m1/s1. The van der Waals surface area contributed by atoms with Crippen LogP contribution in [0.4, 0.5) is 10.5 Å². The van der Waals surface area contributed by atoms with E-state index >= 15 is 0 Å². The Kier molecular flexibility index (Phi) is 6.61. The van der Waals surface area contributed by atoms with Gasteiger partial charge < -0.3 is 20.5 Å². The molecule has 1 aromatic rings. The highest BCUT2D eigenvalue weighted by molar-refractivity contribution is 6.32. The van der Waals surface area contributed by atoms with Crippen molar-refractivity contribution >= 4 is 23.3 Å². The van der Waals surface area contributed by atoms with E-state index < -0.39 is 0 Å². The van der Waals surface area contributed by atoms with Crippen LogP contribution >= 0.6 is 11.6 Å². The van der Waals surface area contributed by atoms with Crippen molar-refractivity contribution in [2.45, 2.75) is 39.3 Å². The molecule has 2 amide bonds. The summed E-state index contributed by atoms with van der Waals surface area (Å²) >= 11 is 6.08. The minimum atomic E-state index is -0.359. The summed E-state index contributed by atoms with van der Waals surface area (Å²) in [6, 6.07) is 4.69. The van der Waals surface area contributed by atoms with Crippen molar-refractivity contribution in [1.29, 1.82) is 0 Å². The Bertz CT molecular complexity index is 452. The molecule has 0 radical (unpaired) electrons. The number of carbonyl (C=O) groups excluding carboxylic acids is 1. The number of hydrogen-bond donors (Lipinski definition) is 3. The number of anilines is 1. The number of amides is 2. The van der Waals surface area contributed by atoms with Gasteiger partial charge >= 0.3 is 6.03 Å². The first kappa shape index (κ1) is 16.6. The van der Waals surface area contributed by atoms with Crippen LogP contribution in [-0.4, -0.2) is 29.9 Å². The molecule has 0 aliphatic rings. The molecule has 0 fully saturated rings. The highest BCUT2D eigenvalue weighted by atomic mass is 35.5. The second kappa shape index (κ2) is 7.97. The SMILES string of the molecule is CC(C)Oc1c(Cl)cccc1NC(=O)N[C@H](C)CCO. The molecule has 0 aromatic heterocycles. The van der Waals surface area contributed by atoms with Gasteiger partial charge in [-0.25, -0.2) is 4.79 Å². The maximum absolute atomic E-state index is 11.8. The van der Waals surface area contributed by atoms with Gasteiger partial charge in [0, 0.05) is 12.6 Å². The molecule has 3 N–H and O–H groups in total. The Morgan fingerprint density at radius 3 is 2.70 bits per heavy atom. The van der Waals surface area contributed by atoms with E-state index in [0.29, 0.717) is 22.9 Å². The monoisotopic (exact) mass is 300 g/mol. The van der Waals surface area contributed by atoms with Gasteiger partial charge in [0.1, 0.15) is 0 Å². The lowest BCUT2D eigenvalue weighted by Gasteiger charge is -2.18. The summed E-state index contributed by atoms with van der Waals surface area (Å²) in [6.45, 7) is 5.62. The molecule has 5 nitrogen and oxygen atoms in total. The lowest BCUT2D eigenvalue weighted by Crippen LogP contribution is -2.36. The summed E-state index contributed by atoms with van der Waals surface area (Å²) in [6.07, 6.45) is 0.449. The van der Waals surface area contributed by atoms with Crippen molar-refractivity contribution < 1.29 is 14.6 Å². The Hall–Kier alpha value is -1.46. The predicted octanol–water partition coefficient (Wildman–Crippen LogP) is 3.02. The van der Waals surface area contributed by atoms with Crippen LogP contribution in [0.3, 0.4) is 0 Å². The number of aliphatic hydroxyl groups is 1. The van der Waals surface area contributed by atoms with Crippen molar-refractivity contribution in [3.63, 3.8) is 0 Å². The molecule has 0 unspecified atom stereocenters. The van der Waals surface area contributed by atoms with Crippen LogP contribution in [0.25, 0.3) is 0 Å². The van der Waals surface area contributed by atoms with Crippen molar-refractivity contribution in [3.05, 3.63) is 23.2 Å². The van der Waals surface area contributed by atoms with E-state index in [1.54, 1.807) is 18.2 Å². The maximum atomic E-state index is 11.8. The molecule has 1 rings (SSSR count).